The molecule has 0 aliphatic heterocycles. The van der Waals surface area contributed by atoms with Gasteiger partial charge in [-0.15, -0.1) is 11.3 Å². The first-order valence-corrected chi connectivity index (χ1v) is 6.18. The molecule has 2 rings (SSSR count). The van der Waals surface area contributed by atoms with E-state index >= 15 is 0 Å². The van der Waals surface area contributed by atoms with Gasteiger partial charge < -0.3 is 5.11 Å². The molecule has 0 saturated heterocycles. The number of carbonyl (C=O) groups is 1. The van der Waals surface area contributed by atoms with Crippen LogP contribution in [0, 0.1) is 0 Å². The highest BCUT2D eigenvalue weighted by atomic mass is 79.9. The summed E-state index contributed by atoms with van der Waals surface area (Å²) in [6, 6.07) is 7.90. The van der Waals surface area contributed by atoms with Crippen LogP contribution in [0.3, 0.4) is 0 Å². The van der Waals surface area contributed by atoms with Crippen LogP contribution in [0.2, 0.25) is 0 Å². The highest BCUT2D eigenvalue weighted by Crippen LogP contribution is 2.19. The van der Waals surface area contributed by atoms with Crippen molar-refractivity contribution >= 4 is 33.2 Å². The summed E-state index contributed by atoms with van der Waals surface area (Å²) in [5, 5.41) is 9.59. The Morgan fingerprint density at radius 2 is 2.31 bits per heavy atom. The largest absolute Gasteiger partial charge is 0.477 e. The van der Waals surface area contributed by atoms with Gasteiger partial charge in [0, 0.05) is 10.9 Å². The number of nitrogens with zero attached hydrogens (tertiary/aromatic N) is 1. The third kappa shape index (κ3) is 2.68. The highest BCUT2D eigenvalue weighted by molar-refractivity contribution is 9.10. The minimum Gasteiger partial charge on any atom is -0.477 e. The maximum Gasteiger partial charge on any atom is 0.347 e. The fourth-order valence-corrected chi connectivity index (χ4v) is 2.55. The monoisotopic (exact) mass is 297 g/mol. The number of aromatic carboxylic acids is 1. The smallest absolute Gasteiger partial charge is 0.347 e. The van der Waals surface area contributed by atoms with E-state index in [4.69, 9.17) is 5.11 Å². The average molecular weight is 298 g/mol. The summed E-state index contributed by atoms with van der Waals surface area (Å²) >= 11 is 4.61. The number of thiazole rings is 1. The summed E-state index contributed by atoms with van der Waals surface area (Å²) in [5.41, 5.74) is 1.11. The molecule has 1 N–H and O–H groups in total. The molecule has 0 bridgehead atoms. The lowest BCUT2D eigenvalue weighted by Gasteiger charge is -1.98. The van der Waals surface area contributed by atoms with Crippen LogP contribution in [-0.2, 0) is 6.42 Å². The van der Waals surface area contributed by atoms with Crippen molar-refractivity contribution < 1.29 is 9.90 Å². The molecule has 82 valence electrons. The number of aromatic nitrogens is 1. The summed E-state index contributed by atoms with van der Waals surface area (Å²) in [5.74, 6) is -0.919. The third-order valence-corrected chi connectivity index (χ3v) is 3.49. The molecular weight excluding hydrogens is 290 g/mol. The summed E-state index contributed by atoms with van der Waals surface area (Å²) in [6.07, 6.45) is 2.07. The Balaban J connectivity index is 2.17. The van der Waals surface area contributed by atoms with Crippen LogP contribution in [0.1, 0.15) is 20.2 Å². The lowest BCUT2D eigenvalue weighted by Crippen LogP contribution is -1.89. The van der Waals surface area contributed by atoms with Gasteiger partial charge in [0.15, 0.2) is 0 Å². The Labute approximate surface area is 105 Å². The van der Waals surface area contributed by atoms with Crippen molar-refractivity contribution in [1.29, 1.82) is 0 Å². The molecule has 16 heavy (non-hydrogen) atoms. The van der Waals surface area contributed by atoms with Gasteiger partial charge in [-0.05, 0) is 17.7 Å². The van der Waals surface area contributed by atoms with Crippen molar-refractivity contribution in [3.8, 4) is 0 Å². The maximum absolute atomic E-state index is 10.7. The van der Waals surface area contributed by atoms with E-state index in [1.54, 1.807) is 0 Å². The first kappa shape index (κ1) is 11.3. The Kier molecular flexibility index (Phi) is 3.36. The molecule has 1 heterocycles. The van der Waals surface area contributed by atoms with E-state index in [2.05, 4.69) is 20.9 Å². The van der Waals surface area contributed by atoms with Gasteiger partial charge in [-0.2, -0.15) is 0 Å². The quantitative estimate of drug-likeness (QED) is 0.946. The van der Waals surface area contributed by atoms with Crippen molar-refractivity contribution in [1.82, 2.24) is 4.98 Å². The highest BCUT2D eigenvalue weighted by Gasteiger charge is 2.08. The van der Waals surface area contributed by atoms with Crippen LogP contribution in [0.4, 0.5) is 0 Å². The van der Waals surface area contributed by atoms with Gasteiger partial charge >= 0.3 is 5.97 Å². The number of hydrogen-bond acceptors (Lipinski definition) is 3. The lowest BCUT2D eigenvalue weighted by atomic mass is 10.2. The molecule has 0 atom stereocenters. The van der Waals surface area contributed by atoms with Crippen molar-refractivity contribution in [3.63, 3.8) is 0 Å². The fraction of sp³-hybridized carbons (Fsp3) is 0.0909. The van der Waals surface area contributed by atoms with Crippen LogP contribution < -0.4 is 0 Å². The molecule has 0 unspecified atom stereocenters. The molecule has 1 aromatic heterocycles. The molecule has 2 aromatic rings. The van der Waals surface area contributed by atoms with Gasteiger partial charge in [0.1, 0.15) is 4.88 Å². The molecule has 1 aromatic carbocycles. The zero-order valence-corrected chi connectivity index (χ0v) is 10.6. The Morgan fingerprint density at radius 1 is 1.50 bits per heavy atom. The van der Waals surface area contributed by atoms with Crippen molar-refractivity contribution in [3.05, 3.63) is 50.4 Å². The van der Waals surface area contributed by atoms with E-state index in [0.29, 0.717) is 6.42 Å². The average Bonchev–Trinajstić information content (AvgIpc) is 2.66. The fourth-order valence-electron chi connectivity index (χ4n) is 1.31. The first-order chi connectivity index (χ1) is 7.65. The van der Waals surface area contributed by atoms with Crippen molar-refractivity contribution in [2.75, 3.05) is 0 Å². The van der Waals surface area contributed by atoms with E-state index in [1.165, 1.54) is 17.5 Å². The van der Waals surface area contributed by atoms with Crippen LogP contribution >= 0.6 is 27.3 Å². The topological polar surface area (TPSA) is 50.2 Å². The van der Waals surface area contributed by atoms with E-state index in [-0.39, 0.29) is 4.88 Å². The Bertz CT molecular complexity index is 524. The molecule has 3 nitrogen and oxygen atoms in total. The van der Waals surface area contributed by atoms with Crippen LogP contribution in [-0.4, -0.2) is 16.1 Å². The number of hydrogen-bond donors (Lipinski definition) is 1. The van der Waals surface area contributed by atoms with Gasteiger partial charge in [0.2, 0.25) is 0 Å². The van der Waals surface area contributed by atoms with Crippen molar-refractivity contribution in [2.45, 2.75) is 6.42 Å². The molecule has 0 amide bonds. The number of halogens is 1. The predicted molar refractivity (Wildman–Crippen MR) is 66.0 cm³/mol. The minimum atomic E-state index is -0.919. The normalized spacial score (nSPS) is 10.3. The first-order valence-electron chi connectivity index (χ1n) is 4.57. The third-order valence-electron chi connectivity index (χ3n) is 2.01. The van der Waals surface area contributed by atoms with Gasteiger partial charge in [-0.25, -0.2) is 9.78 Å². The molecule has 0 fully saturated rings. The zero-order chi connectivity index (χ0) is 11.5. The molecule has 0 spiro atoms. The van der Waals surface area contributed by atoms with Gasteiger partial charge in [-0.3, -0.25) is 0 Å². The van der Waals surface area contributed by atoms with Crippen LogP contribution in [0.15, 0.2) is 34.9 Å². The summed E-state index contributed by atoms with van der Waals surface area (Å²) in [4.78, 5) is 15.1. The lowest BCUT2D eigenvalue weighted by molar-refractivity contribution is 0.0702. The summed E-state index contributed by atoms with van der Waals surface area (Å²) < 4.78 is 1.01. The molecule has 0 aliphatic rings. The Hall–Kier alpha value is -1.20. The predicted octanol–water partition coefficient (Wildman–Crippen LogP) is 3.19. The second-order valence-corrected chi connectivity index (χ2v) is 5.26. The van der Waals surface area contributed by atoms with E-state index in [9.17, 15) is 4.79 Å². The number of carboxylic acids is 1. The molecule has 0 saturated carbocycles. The van der Waals surface area contributed by atoms with Gasteiger partial charge in [-0.1, -0.05) is 28.1 Å². The number of rotatable bonds is 3. The SMILES string of the molecule is O=C(O)c1cnc(Cc2cccc(Br)c2)s1. The van der Waals surface area contributed by atoms with Gasteiger partial charge in [0.25, 0.3) is 0 Å². The van der Waals surface area contributed by atoms with Crippen LogP contribution in [0.25, 0.3) is 0 Å². The molecule has 0 aliphatic carbocycles. The standard InChI is InChI=1S/C11H8BrNO2S/c12-8-3-1-2-7(4-8)5-10-13-6-9(16-10)11(14)15/h1-4,6H,5H2,(H,14,15). The maximum atomic E-state index is 10.7. The van der Waals surface area contributed by atoms with Crippen LogP contribution in [0.5, 0.6) is 0 Å². The number of carboxylic acid groups (broad SMARTS) is 1. The second kappa shape index (κ2) is 4.76. The van der Waals surface area contributed by atoms with Crippen molar-refractivity contribution in [2.24, 2.45) is 0 Å². The summed E-state index contributed by atoms with van der Waals surface area (Å²) in [7, 11) is 0. The molecular formula is C11H8BrNO2S. The summed E-state index contributed by atoms with van der Waals surface area (Å²) in [6.45, 7) is 0. The number of benzene rings is 1. The molecule has 0 radical (unpaired) electrons. The van der Waals surface area contributed by atoms with E-state index in [0.717, 1.165) is 15.0 Å². The second-order valence-electron chi connectivity index (χ2n) is 3.23. The zero-order valence-electron chi connectivity index (χ0n) is 8.18. The molecule has 5 heteroatoms. The van der Waals surface area contributed by atoms with E-state index in [1.807, 2.05) is 24.3 Å². The van der Waals surface area contributed by atoms with E-state index < -0.39 is 5.97 Å². The van der Waals surface area contributed by atoms with Gasteiger partial charge in [0.05, 0.1) is 11.2 Å². The Morgan fingerprint density at radius 3 is 2.94 bits per heavy atom. The minimum absolute atomic E-state index is 0.282.